The minimum atomic E-state index is -0.533. The lowest BCUT2D eigenvalue weighted by atomic mass is 10.0. The highest BCUT2D eigenvalue weighted by Crippen LogP contribution is 2.37. The lowest BCUT2D eigenvalue weighted by Crippen LogP contribution is -2.41. The van der Waals surface area contributed by atoms with Crippen molar-refractivity contribution in [3.63, 3.8) is 0 Å². The molecule has 0 saturated carbocycles. The van der Waals surface area contributed by atoms with E-state index in [9.17, 15) is 9.65 Å². The Labute approximate surface area is 235 Å². The Balaban J connectivity index is 1.60. The number of pyridine rings is 2. The molecule has 3 heterocycles. The molecule has 1 aliphatic heterocycles. The van der Waals surface area contributed by atoms with Crippen molar-refractivity contribution in [2.75, 3.05) is 10.6 Å². The molecule has 0 bridgehead atoms. The molecule has 0 aliphatic carbocycles. The molecule has 11 heteroatoms. The molecule has 39 heavy (non-hydrogen) atoms. The minimum absolute atomic E-state index is 0.0340. The molecule has 0 spiro atoms. The number of nitrogens with zero attached hydrogens (tertiary/aromatic N) is 4. The molecular weight excluding hydrogens is 538 g/mol. The van der Waals surface area contributed by atoms with E-state index in [4.69, 9.17) is 23.2 Å². The summed E-state index contributed by atoms with van der Waals surface area (Å²) < 4.78 is 13.8. The van der Waals surface area contributed by atoms with E-state index in [1.54, 1.807) is 18.3 Å². The van der Waals surface area contributed by atoms with Crippen molar-refractivity contribution < 1.29 is 4.39 Å². The third-order valence-corrected chi connectivity index (χ3v) is 6.83. The van der Waals surface area contributed by atoms with Crippen LogP contribution >= 0.6 is 23.2 Å². The zero-order valence-corrected chi connectivity index (χ0v) is 22.9. The van der Waals surface area contributed by atoms with Crippen molar-refractivity contribution in [2.45, 2.75) is 32.9 Å². The summed E-state index contributed by atoms with van der Waals surface area (Å²) in [6.45, 7) is 6.15. The van der Waals surface area contributed by atoms with Crippen LogP contribution in [0.15, 0.2) is 66.9 Å². The number of nitrogens with one attached hydrogen (secondary N) is 4. The van der Waals surface area contributed by atoms with Gasteiger partial charge in [-0.05, 0) is 62.2 Å². The van der Waals surface area contributed by atoms with Crippen LogP contribution in [-0.4, -0.2) is 21.0 Å². The van der Waals surface area contributed by atoms with E-state index in [1.807, 2.05) is 30.4 Å². The molecule has 0 amide bonds. The Morgan fingerprint density at radius 3 is 2.54 bits per heavy atom. The number of fused-ring (bicyclic) bond motifs is 1. The average molecular weight is 563 g/mol. The number of anilines is 3. The lowest BCUT2D eigenvalue weighted by molar-refractivity contribution is 0.221. The maximum Gasteiger partial charge on any atom is 0.141 e. The van der Waals surface area contributed by atoms with Gasteiger partial charge in [-0.25, -0.2) is 4.39 Å². The molecule has 0 fully saturated rings. The number of rotatable bonds is 7. The zero-order chi connectivity index (χ0) is 27.7. The van der Waals surface area contributed by atoms with Gasteiger partial charge in [0.15, 0.2) is 0 Å². The average Bonchev–Trinajstić information content (AvgIpc) is 3.40. The number of nitriles is 1. The summed E-state index contributed by atoms with van der Waals surface area (Å²) in [7, 11) is 0. The van der Waals surface area contributed by atoms with Gasteiger partial charge in [0, 0.05) is 47.6 Å². The number of hydrogen-bond acceptors (Lipinski definition) is 8. The summed E-state index contributed by atoms with van der Waals surface area (Å²) in [6.07, 6.45) is 7.08. The first-order chi connectivity index (χ1) is 18.7. The van der Waals surface area contributed by atoms with Gasteiger partial charge in [-0.15, -0.1) is 5.53 Å². The van der Waals surface area contributed by atoms with Gasteiger partial charge >= 0.3 is 0 Å². The summed E-state index contributed by atoms with van der Waals surface area (Å²) >= 11 is 12.7. The second kappa shape index (κ2) is 10.9. The maximum absolute atomic E-state index is 13.8. The summed E-state index contributed by atoms with van der Waals surface area (Å²) in [5.41, 5.74) is 11.8. The standard InChI is InChI=1S/C28H25Cl2FN8/c1-15(2)39-14-25(37-38-39)27(17-6-16(3)11-33-12-17)36-20-7-21-26(35-19-4-5-24(31)22(29)8-19)18(10-32)13-34-28(21)23(30)9-20/h4-9,11-15,27,36-38H,1-3H3,(H,34,35)/t27-/m0/s1. The van der Waals surface area contributed by atoms with Gasteiger partial charge in [0.05, 0.1) is 38.6 Å². The molecule has 8 nitrogen and oxygen atoms in total. The Morgan fingerprint density at radius 1 is 1.05 bits per heavy atom. The van der Waals surface area contributed by atoms with Crippen molar-refractivity contribution >= 4 is 51.2 Å². The quantitative estimate of drug-likeness (QED) is 0.197. The smallest absolute Gasteiger partial charge is 0.141 e. The molecule has 0 radical (unpaired) electrons. The van der Waals surface area contributed by atoms with Gasteiger partial charge in [0.2, 0.25) is 0 Å². The predicted octanol–water partition coefficient (Wildman–Crippen LogP) is 6.73. The first kappa shape index (κ1) is 26.5. The molecule has 1 aliphatic rings. The number of benzene rings is 2. The van der Waals surface area contributed by atoms with Crippen LogP contribution in [0.2, 0.25) is 10.0 Å². The lowest BCUT2D eigenvalue weighted by Gasteiger charge is -2.22. The van der Waals surface area contributed by atoms with Crippen LogP contribution in [0.25, 0.3) is 10.9 Å². The van der Waals surface area contributed by atoms with Crippen LogP contribution in [0.1, 0.15) is 36.6 Å². The van der Waals surface area contributed by atoms with Crippen molar-refractivity contribution in [3.05, 3.63) is 99.4 Å². The molecule has 0 saturated heterocycles. The fourth-order valence-corrected chi connectivity index (χ4v) is 4.74. The number of hydrazine groups is 2. The predicted molar refractivity (Wildman–Crippen MR) is 153 cm³/mol. The van der Waals surface area contributed by atoms with Crippen LogP contribution in [0.3, 0.4) is 0 Å². The second-order valence-corrected chi connectivity index (χ2v) is 10.3. The van der Waals surface area contributed by atoms with Crippen molar-refractivity contribution in [1.29, 1.82) is 5.26 Å². The normalized spacial score (nSPS) is 13.7. The molecule has 2 aromatic heterocycles. The van der Waals surface area contributed by atoms with Crippen LogP contribution in [0.4, 0.5) is 21.5 Å². The third-order valence-electron chi connectivity index (χ3n) is 6.25. The van der Waals surface area contributed by atoms with Gasteiger partial charge in [-0.2, -0.15) is 5.26 Å². The van der Waals surface area contributed by atoms with E-state index >= 15 is 0 Å². The van der Waals surface area contributed by atoms with Crippen LogP contribution in [0, 0.1) is 24.1 Å². The fourth-order valence-electron chi connectivity index (χ4n) is 4.29. The van der Waals surface area contributed by atoms with Crippen LogP contribution < -0.4 is 21.6 Å². The van der Waals surface area contributed by atoms with Gasteiger partial charge in [-0.1, -0.05) is 29.3 Å². The van der Waals surface area contributed by atoms with E-state index in [0.717, 1.165) is 16.8 Å². The number of halogens is 3. The second-order valence-electron chi connectivity index (χ2n) is 9.46. The Morgan fingerprint density at radius 2 is 1.85 bits per heavy atom. The monoisotopic (exact) mass is 562 g/mol. The van der Waals surface area contributed by atoms with E-state index in [-0.39, 0.29) is 17.1 Å². The molecule has 2 aromatic carbocycles. The Kier molecular flexibility index (Phi) is 7.44. The minimum Gasteiger partial charge on any atom is -0.373 e. The van der Waals surface area contributed by atoms with Gasteiger partial charge < -0.3 is 16.1 Å². The van der Waals surface area contributed by atoms with E-state index in [1.165, 1.54) is 18.3 Å². The highest BCUT2D eigenvalue weighted by atomic mass is 35.5. The van der Waals surface area contributed by atoms with E-state index in [2.05, 4.69) is 57.5 Å². The van der Waals surface area contributed by atoms with E-state index < -0.39 is 5.82 Å². The van der Waals surface area contributed by atoms with Gasteiger partial charge in [0.1, 0.15) is 11.9 Å². The highest BCUT2D eigenvalue weighted by Gasteiger charge is 2.24. The summed E-state index contributed by atoms with van der Waals surface area (Å²) in [6, 6.07) is 12.1. The number of hydrogen-bond donors (Lipinski definition) is 4. The maximum atomic E-state index is 13.8. The summed E-state index contributed by atoms with van der Waals surface area (Å²) in [5, 5.41) is 19.6. The van der Waals surface area contributed by atoms with Crippen LogP contribution in [-0.2, 0) is 0 Å². The molecular formula is C28H25Cl2FN8. The molecule has 1 atom stereocenters. The van der Waals surface area contributed by atoms with Crippen molar-refractivity contribution in [1.82, 2.24) is 25.9 Å². The fraction of sp³-hybridized carbons (Fsp3) is 0.179. The molecule has 4 N–H and O–H groups in total. The van der Waals surface area contributed by atoms with Crippen molar-refractivity contribution in [3.8, 4) is 6.07 Å². The first-order valence-corrected chi connectivity index (χ1v) is 12.9. The molecule has 198 valence electrons. The third kappa shape index (κ3) is 5.54. The summed E-state index contributed by atoms with van der Waals surface area (Å²) in [4.78, 5) is 8.81. The zero-order valence-electron chi connectivity index (χ0n) is 21.4. The SMILES string of the molecule is Cc1cncc([C@H](Nc2cc(Cl)c3ncc(C#N)c(Nc4ccc(F)c(Cl)c4)c3c2)C2=CN(C(C)C)NN2)c1. The Hall–Kier alpha value is -4.10. The summed E-state index contributed by atoms with van der Waals surface area (Å²) in [5.74, 6) is -0.533. The van der Waals surface area contributed by atoms with Gasteiger partial charge in [0.25, 0.3) is 0 Å². The molecule has 5 rings (SSSR count). The first-order valence-electron chi connectivity index (χ1n) is 12.2. The topological polar surface area (TPSA) is 101 Å². The molecule has 4 aromatic rings. The number of aromatic nitrogens is 2. The van der Waals surface area contributed by atoms with Crippen molar-refractivity contribution in [2.24, 2.45) is 0 Å². The van der Waals surface area contributed by atoms with Crippen LogP contribution in [0.5, 0.6) is 0 Å². The number of aryl methyl sites for hydroxylation is 1. The van der Waals surface area contributed by atoms with E-state index in [0.29, 0.717) is 38.6 Å². The largest absolute Gasteiger partial charge is 0.373 e. The Bertz CT molecular complexity index is 1630. The highest BCUT2D eigenvalue weighted by molar-refractivity contribution is 6.36. The molecule has 0 unspecified atom stereocenters. The van der Waals surface area contributed by atoms with Gasteiger partial charge in [-0.3, -0.25) is 15.0 Å².